The van der Waals surface area contributed by atoms with Gasteiger partial charge < -0.3 is 15.1 Å². The molecule has 0 unspecified atom stereocenters. The Hall–Kier alpha value is -3.27. The third-order valence-electron chi connectivity index (χ3n) is 4.78. The molecule has 0 bridgehead atoms. The van der Waals surface area contributed by atoms with Crippen LogP contribution in [0.25, 0.3) is 0 Å². The lowest BCUT2D eigenvalue weighted by Crippen LogP contribution is -2.47. The molecule has 4 rings (SSSR count). The third kappa shape index (κ3) is 4.43. The number of nitrogens with one attached hydrogen (secondary N) is 1. The molecule has 0 saturated carbocycles. The van der Waals surface area contributed by atoms with Crippen LogP contribution in [0.2, 0.25) is 0 Å². The van der Waals surface area contributed by atoms with Crippen LogP contribution >= 0.6 is 11.3 Å². The Kier molecular flexibility index (Phi) is 5.80. The predicted octanol–water partition coefficient (Wildman–Crippen LogP) is 2.82. The number of anilines is 3. The fraction of sp³-hybridized carbons (Fsp3) is 0.316. The van der Waals surface area contributed by atoms with Gasteiger partial charge in [0.05, 0.1) is 4.92 Å². The van der Waals surface area contributed by atoms with Crippen LogP contribution in [-0.4, -0.2) is 52.6 Å². The lowest BCUT2D eigenvalue weighted by molar-refractivity contribution is -0.383. The molecule has 1 fully saturated rings. The molecule has 29 heavy (non-hydrogen) atoms. The number of thiophene rings is 1. The van der Waals surface area contributed by atoms with Gasteiger partial charge in [0, 0.05) is 43.8 Å². The van der Waals surface area contributed by atoms with Crippen molar-refractivity contribution in [3.05, 3.63) is 63.2 Å². The van der Waals surface area contributed by atoms with E-state index in [1.54, 1.807) is 17.5 Å². The fourth-order valence-electron chi connectivity index (χ4n) is 3.35. The molecule has 3 aromatic heterocycles. The van der Waals surface area contributed by atoms with E-state index in [0.717, 1.165) is 25.3 Å². The SMILES string of the molecule is O=[N+]([O-])c1c(NCCc2cccs2)ncnc1N1CCN(c2ccccn2)CC1. The second-order valence-corrected chi connectivity index (χ2v) is 7.60. The van der Waals surface area contributed by atoms with Crippen LogP contribution in [0.4, 0.5) is 23.1 Å². The summed E-state index contributed by atoms with van der Waals surface area (Å²) >= 11 is 1.67. The van der Waals surface area contributed by atoms with Gasteiger partial charge in [-0.2, -0.15) is 0 Å². The smallest absolute Gasteiger partial charge is 0.353 e. The summed E-state index contributed by atoms with van der Waals surface area (Å²) in [6.07, 6.45) is 3.95. The van der Waals surface area contributed by atoms with Crippen LogP contribution in [0.1, 0.15) is 4.88 Å². The van der Waals surface area contributed by atoms with Crippen molar-refractivity contribution in [3.8, 4) is 0 Å². The molecule has 0 radical (unpaired) electrons. The maximum atomic E-state index is 11.8. The van der Waals surface area contributed by atoms with Crippen LogP contribution in [0, 0.1) is 10.1 Å². The van der Waals surface area contributed by atoms with Crippen LogP contribution in [-0.2, 0) is 6.42 Å². The average molecular weight is 411 g/mol. The monoisotopic (exact) mass is 411 g/mol. The highest BCUT2D eigenvalue weighted by Crippen LogP contribution is 2.32. The van der Waals surface area contributed by atoms with Gasteiger partial charge in [0.15, 0.2) is 0 Å². The maximum Gasteiger partial charge on any atom is 0.353 e. The Morgan fingerprint density at radius 1 is 1.07 bits per heavy atom. The van der Waals surface area contributed by atoms with E-state index in [4.69, 9.17) is 0 Å². The Labute approximate surface area is 172 Å². The minimum atomic E-state index is -0.395. The Bertz CT molecular complexity index is 944. The number of nitro groups is 1. The van der Waals surface area contributed by atoms with Crippen LogP contribution in [0.3, 0.4) is 0 Å². The van der Waals surface area contributed by atoms with Gasteiger partial charge >= 0.3 is 5.69 Å². The van der Waals surface area contributed by atoms with Crippen molar-refractivity contribution in [1.29, 1.82) is 0 Å². The van der Waals surface area contributed by atoms with Crippen molar-refractivity contribution in [1.82, 2.24) is 15.0 Å². The molecule has 10 heteroatoms. The summed E-state index contributed by atoms with van der Waals surface area (Å²) in [5.74, 6) is 1.55. The zero-order valence-electron chi connectivity index (χ0n) is 15.8. The lowest BCUT2D eigenvalue weighted by Gasteiger charge is -2.35. The van der Waals surface area contributed by atoms with Crippen molar-refractivity contribution >= 4 is 34.5 Å². The molecule has 1 aliphatic rings. The summed E-state index contributed by atoms with van der Waals surface area (Å²) in [7, 11) is 0. The normalized spacial score (nSPS) is 14.1. The van der Waals surface area contributed by atoms with Gasteiger partial charge in [-0.25, -0.2) is 15.0 Å². The van der Waals surface area contributed by atoms with E-state index in [9.17, 15) is 10.1 Å². The molecular formula is C19H21N7O2S. The van der Waals surface area contributed by atoms with Gasteiger partial charge in [-0.3, -0.25) is 10.1 Å². The lowest BCUT2D eigenvalue weighted by atomic mass is 10.2. The molecular weight excluding hydrogens is 390 g/mol. The van der Waals surface area contributed by atoms with E-state index in [1.165, 1.54) is 11.2 Å². The Balaban J connectivity index is 1.46. The maximum absolute atomic E-state index is 11.8. The Morgan fingerprint density at radius 3 is 2.59 bits per heavy atom. The first-order valence-corrected chi connectivity index (χ1v) is 10.3. The van der Waals surface area contributed by atoms with E-state index < -0.39 is 4.92 Å². The minimum absolute atomic E-state index is 0.0648. The molecule has 0 aromatic carbocycles. The number of pyridine rings is 1. The minimum Gasteiger partial charge on any atom is -0.364 e. The van der Waals surface area contributed by atoms with Crippen molar-refractivity contribution in [3.63, 3.8) is 0 Å². The van der Waals surface area contributed by atoms with Crippen LogP contribution < -0.4 is 15.1 Å². The number of hydrogen-bond donors (Lipinski definition) is 1. The first-order chi connectivity index (χ1) is 14.2. The van der Waals surface area contributed by atoms with Gasteiger partial charge in [-0.1, -0.05) is 12.1 Å². The predicted molar refractivity (Wildman–Crippen MR) is 114 cm³/mol. The standard InChI is InChI=1S/C19H21N7O2S/c27-26(28)17-18(21-8-6-15-4-3-13-29-15)22-14-23-19(17)25-11-9-24(10-12-25)16-5-1-2-7-20-16/h1-5,7,13-14H,6,8-12H2,(H,21,22,23). The highest BCUT2D eigenvalue weighted by Gasteiger charge is 2.29. The highest BCUT2D eigenvalue weighted by molar-refractivity contribution is 7.09. The van der Waals surface area contributed by atoms with Gasteiger partial charge in [-0.05, 0) is 30.0 Å². The summed E-state index contributed by atoms with van der Waals surface area (Å²) in [5, 5.41) is 16.9. The molecule has 150 valence electrons. The summed E-state index contributed by atoms with van der Waals surface area (Å²) in [6.45, 7) is 3.27. The van der Waals surface area contributed by atoms with Gasteiger partial charge in [-0.15, -0.1) is 11.3 Å². The second-order valence-electron chi connectivity index (χ2n) is 6.57. The summed E-state index contributed by atoms with van der Waals surface area (Å²) in [6, 6.07) is 9.86. The zero-order valence-corrected chi connectivity index (χ0v) is 16.6. The number of hydrogen-bond acceptors (Lipinski definition) is 9. The first-order valence-electron chi connectivity index (χ1n) is 9.39. The molecule has 4 heterocycles. The summed E-state index contributed by atoms with van der Waals surface area (Å²) < 4.78 is 0. The van der Waals surface area contributed by atoms with E-state index in [1.807, 2.05) is 40.6 Å². The molecule has 9 nitrogen and oxygen atoms in total. The number of piperazine rings is 1. The van der Waals surface area contributed by atoms with Crippen LogP contribution in [0.5, 0.6) is 0 Å². The van der Waals surface area contributed by atoms with Crippen molar-refractivity contribution in [2.45, 2.75) is 6.42 Å². The largest absolute Gasteiger partial charge is 0.364 e. The molecule has 1 saturated heterocycles. The summed E-state index contributed by atoms with van der Waals surface area (Å²) in [5.41, 5.74) is -0.0648. The molecule has 0 spiro atoms. The zero-order chi connectivity index (χ0) is 20.1. The summed E-state index contributed by atoms with van der Waals surface area (Å²) in [4.78, 5) is 29.5. The van der Waals surface area contributed by atoms with Crippen molar-refractivity contribution in [2.75, 3.05) is 47.8 Å². The first kappa shape index (κ1) is 19.1. The average Bonchev–Trinajstić information content (AvgIpc) is 3.28. The van der Waals surface area contributed by atoms with Crippen molar-refractivity contribution in [2.24, 2.45) is 0 Å². The van der Waals surface area contributed by atoms with E-state index in [-0.39, 0.29) is 11.5 Å². The molecule has 0 aliphatic carbocycles. The fourth-order valence-corrected chi connectivity index (χ4v) is 4.05. The Morgan fingerprint density at radius 2 is 1.90 bits per heavy atom. The highest BCUT2D eigenvalue weighted by atomic mass is 32.1. The van der Waals surface area contributed by atoms with E-state index >= 15 is 0 Å². The quantitative estimate of drug-likeness (QED) is 0.468. The van der Waals surface area contributed by atoms with E-state index in [2.05, 4.69) is 25.2 Å². The molecule has 1 N–H and O–H groups in total. The van der Waals surface area contributed by atoms with Gasteiger partial charge in [0.1, 0.15) is 12.1 Å². The third-order valence-corrected chi connectivity index (χ3v) is 5.72. The number of aromatic nitrogens is 3. The number of rotatable bonds is 7. The molecule has 0 amide bonds. The van der Waals surface area contributed by atoms with Gasteiger partial charge in [0.2, 0.25) is 11.6 Å². The number of nitrogens with zero attached hydrogens (tertiary/aromatic N) is 6. The van der Waals surface area contributed by atoms with Gasteiger partial charge in [0.25, 0.3) is 0 Å². The van der Waals surface area contributed by atoms with Crippen molar-refractivity contribution < 1.29 is 4.92 Å². The molecule has 1 aliphatic heterocycles. The van der Waals surface area contributed by atoms with Crippen LogP contribution in [0.15, 0.2) is 48.2 Å². The molecule has 0 atom stereocenters. The topological polar surface area (TPSA) is 100 Å². The molecule has 3 aromatic rings. The second kappa shape index (κ2) is 8.82. The van der Waals surface area contributed by atoms with E-state index in [0.29, 0.717) is 25.5 Å².